The van der Waals surface area contributed by atoms with Crippen LogP contribution in [-0.4, -0.2) is 0 Å². The van der Waals surface area contributed by atoms with Crippen LogP contribution in [0.2, 0.25) is 0 Å². The van der Waals surface area contributed by atoms with Crippen molar-refractivity contribution in [1.29, 1.82) is 0 Å². The number of allylic oxidation sites excluding steroid dienone is 16. The molecule has 2 atom stereocenters. The summed E-state index contributed by atoms with van der Waals surface area (Å²) in [5, 5.41) is 0. The van der Waals surface area contributed by atoms with Gasteiger partial charge in [0.25, 0.3) is 0 Å². The van der Waals surface area contributed by atoms with Gasteiger partial charge in [0, 0.05) is 11.8 Å². The van der Waals surface area contributed by atoms with Crippen molar-refractivity contribution in [3.8, 4) is 0 Å². The van der Waals surface area contributed by atoms with Crippen LogP contribution >= 0.6 is 0 Å². The van der Waals surface area contributed by atoms with E-state index in [-0.39, 0.29) is 5.92 Å². The number of hydrogen-bond donors (Lipinski definition) is 0. The van der Waals surface area contributed by atoms with Crippen LogP contribution in [0.5, 0.6) is 0 Å². The zero-order chi connectivity index (χ0) is 38.0. The maximum absolute atomic E-state index is 2.43. The molecule has 0 saturated heterocycles. The van der Waals surface area contributed by atoms with Crippen molar-refractivity contribution in [2.45, 2.75) is 151 Å². The monoisotopic (exact) mass is 677 g/mol. The first-order valence-electron chi connectivity index (χ1n) is 19.4. The van der Waals surface area contributed by atoms with Crippen LogP contribution in [0.4, 0.5) is 0 Å². The van der Waals surface area contributed by atoms with Gasteiger partial charge >= 0.3 is 0 Å². The molecule has 0 amide bonds. The lowest BCUT2D eigenvalue weighted by molar-refractivity contribution is 0.851. The van der Waals surface area contributed by atoms with E-state index in [2.05, 4.69) is 138 Å². The Bertz CT molecular complexity index is 2220. The van der Waals surface area contributed by atoms with Gasteiger partial charge in [0.2, 0.25) is 0 Å². The molecule has 2 aromatic rings. The number of hydrogen-bond acceptors (Lipinski definition) is 0. The third kappa shape index (κ3) is 4.91. The van der Waals surface area contributed by atoms with E-state index < -0.39 is 0 Å². The predicted molar refractivity (Wildman–Crippen MR) is 224 cm³/mol. The molecule has 0 bridgehead atoms. The van der Waals surface area contributed by atoms with E-state index in [1.807, 2.05) is 0 Å². The van der Waals surface area contributed by atoms with Crippen molar-refractivity contribution < 1.29 is 0 Å². The quantitative estimate of drug-likeness (QED) is 0.302. The van der Waals surface area contributed by atoms with E-state index in [0.29, 0.717) is 5.92 Å². The molecule has 0 heterocycles. The molecule has 0 aliphatic heterocycles. The fourth-order valence-corrected chi connectivity index (χ4v) is 10.6. The summed E-state index contributed by atoms with van der Waals surface area (Å²) in [4.78, 5) is 0. The fraction of sp³-hybridized carbons (Fsp3) is 0.451. The highest BCUT2D eigenvalue weighted by Gasteiger charge is 2.42. The van der Waals surface area contributed by atoms with Gasteiger partial charge in [-0.2, -0.15) is 0 Å². The molecule has 0 nitrogen and oxygen atoms in total. The highest BCUT2D eigenvalue weighted by Crippen LogP contribution is 2.59. The summed E-state index contributed by atoms with van der Waals surface area (Å²) >= 11 is 0. The second-order valence-electron chi connectivity index (χ2n) is 17.0. The Labute approximate surface area is 311 Å². The summed E-state index contributed by atoms with van der Waals surface area (Å²) in [6.07, 6.45) is 0.984. The second-order valence-corrected chi connectivity index (χ2v) is 17.0. The molecule has 0 N–H and O–H groups in total. The molecule has 0 fully saturated rings. The lowest BCUT2D eigenvalue weighted by Gasteiger charge is -2.35. The van der Waals surface area contributed by atoms with E-state index in [1.54, 1.807) is 27.9 Å². The Kier molecular flexibility index (Phi) is 9.10. The second kappa shape index (κ2) is 12.5. The Morgan fingerprint density at radius 1 is 0.294 bits per heavy atom. The molecule has 0 saturated carbocycles. The molecular formula is C51H64. The van der Waals surface area contributed by atoms with Crippen molar-refractivity contribution in [1.82, 2.24) is 0 Å². The lowest BCUT2D eigenvalue weighted by Crippen LogP contribution is -2.19. The SMILES string of the molecule is CC1=C(C)C2=C(CC3=C(C)C(C)=C4C3=C(C)C(C)=C(C)C4c3c(C)c(C)c(C)c(C)c3C)C(C)=C(C)C2C(c2c(C)c(C)c(C)c(C)c2C)=C1C. The van der Waals surface area contributed by atoms with Crippen LogP contribution in [0, 0.1) is 75.2 Å². The van der Waals surface area contributed by atoms with Crippen LogP contribution in [0.15, 0.2) is 83.6 Å². The zero-order valence-corrected chi connectivity index (χ0v) is 35.9. The van der Waals surface area contributed by atoms with E-state index >= 15 is 0 Å². The van der Waals surface area contributed by atoms with Gasteiger partial charge in [0.15, 0.2) is 0 Å². The van der Waals surface area contributed by atoms with E-state index in [0.717, 1.165) is 6.42 Å². The Hall–Kier alpha value is -3.64. The highest BCUT2D eigenvalue weighted by atomic mass is 14.5. The highest BCUT2D eigenvalue weighted by molar-refractivity contribution is 5.88. The predicted octanol–water partition coefficient (Wildman–Crippen LogP) is 14.6. The summed E-state index contributed by atoms with van der Waals surface area (Å²) in [6, 6.07) is 0. The summed E-state index contributed by atoms with van der Waals surface area (Å²) < 4.78 is 0. The topological polar surface area (TPSA) is 0 Å². The Morgan fingerprint density at radius 2 is 0.725 bits per heavy atom. The molecule has 4 aliphatic rings. The molecule has 0 radical (unpaired) electrons. The van der Waals surface area contributed by atoms with Gasteiger partial charge < -0.3 is 0 Å². The minimum Gasteiger partial charge on any atom is -0.0581 e. The van der Waals surface area contributed by atoms with Crippen LogP contribution in [0.25, 0.3) is 5.57 Å². The van der Waals surface area contributed by atoms with Crippen molar-refractivity contribution in [2.24, 2.45) is 5.92 Å². The van der Waals surface area contributed by atoms with Crippen LogP contribution in [0.3, 0.4) is 0 Å². The standard InChI is InChI=1S/C51H64/c1-22-24(3)32(11)44(33(12)25(22)4)48-38(17)28(7)36(15)46-42(30(9)40(19)50(46)48)21-43-31(10)41(20)51-47(43)37(16)29(8)39(18)49(51)45-34(13)26(5)23(2)27(6)35(45)14/h48,51H,21H2,1-20H3. The van der Waals surface area contributed by atoms with Crippen molar-refractivity contribution in [2.75, 3.05) is 0 Å². The van der Waals surface area contributed by atoms with Crippen LogP contribution in [0.1, 0.15) is 148 Å². The van der Waals surface area contributed by atoms with Crippen LogP contribution in [-0.2, 0) is 0 Å². The molecule has 0 spiro atoms. The minimum atomic E-state index is 0.288. The average molecular weight is 677 g/mol. The Balaban J connectivity index is 1.56. The summed E-state index contributed by atoms with van der Waals surface area (Å²) in [5.41, 5.74) is 41.8. The molecule has 51 heavy (non-hydrogen) atoms. The number of fused-ring (bicyclic) bond motifs is 2. The van der Waals surface area contributed by atoms with Crippen molar-refractivity contribution in [3.63, 3.8) is 0 Å². The smallest absolute Gasteiger partial charge is 0.0316 e. The molecule has 0 aromatic heterocycles. The summed E-state index contributed by atoms with van der Waals surface area (Å²) in [7, 11) is 0. The van der Waals surface area contributed by atoms with Gasteiger partial charge in [-0.1, -0.05) is 11.1 Å². The van der Waals surface area contributed by atoms with Gasteiger partial charge in [-0.3, -0.25) is 0 Å². The molecule has 0 heteroatoms. The van der Waals surface area contributed by atoms with Gasteiger partial charge in [0.1, 0.15) is 0 Å². The van der Waals surface area contributed by atoms with Gasteiger partial charge in [-0.15, -0.1) is 0 Å². The largest absolute Gasteiger partial charge is 0.0581 e. The number of rotatable bonds is 4. The summed E-state index contributed by atoms with van der Waals surface area (Å²) in [5.74, 6) is 0.594. The van der Waals surface area contributed by atoms with Gasteiger partial charge in [0.05, 0.1) is 0 Å². The first-order chi connectivity index (χ1) is 23.7. The maximum Gasteiger partial charge on any atom is 0.0316 e. The maximum atomic E-state index is 2.43. The van der Waals surface area contributed by atoms with Crippen molar-refractivity contribution in [3.05, 3.63) is 150 Å². The van der Waals surface area contributed by atoms with Crippen LogP contribution < -0.4 is 0 Å². The molecule has 268 valence electrons. The third-order valence-corrected chi connectivity index (χ3v) is 15.5. The average Bonchev–Trinajstić information content (AvgIpc) is 3.49. The normalized spacial score (nSPS) is 21.2. The molecule has 6 rings (SSSR count). The first kappa shape index (κ1) is 37.1. The minimum absolute atomic E-state index is 0.288. The van der Waals surface area contributed by atoms with E-state index in [9.17, 15) is 0 Å². The lowest BCUT2D eigenvalue weighted by atomic mass is 9.68. The fourth-order valence-electron chi connectivity index (χ4n) is 10.6. The molecular weight excluding hydrogens is 613 g/mol. The van der Waals surface area contributed by atoms with E-state index in [4.69, 9.17) is 0 Å². The van der Waals surface area contributed by atoms with Crippen molar-refractivity contribution >= 4 is 5.57 Å². The molecule has 2 unspecified atom stereocenters. The summed E-state index contributed by atoms with van der Waals surface area (Å²) in [6.45, 7) is 47.5. The number of benzene rings is 2. The third-order valence-electron chi connectivity index (χ3n) is 15.5. The first-order valence-corrected chi connectivity index (χ1v) is 19.4. The zero-order valence-electron chi connectivity index (χ0n) is 35.9. The Morgan fingerprint density at radius 3 is 1.24 bits per heavy atom. The van der Waals surface area contributed by atoms with Gasteiger partial charge in [-0.05, 0) is 290 Å². The van der Waals surface area contributed by atoms with Gasteiger partial charge in [-0.25, -0.2) is 0 Å². The molecule has 2 aromatic carbocycles. The van der Waals surface area contributed by atoms with E-state index in [1.165, 1.54) is 128 Å². The molecule has 4 aliphatic carbocycles.